The van der Waals surface area contributed by atoms with E-state index in [0.717, 1.165) is 27.7 Å². The number of rotatable bonds is 2. The van der Waals surface area contributed by atoms with Gasteiger partial charge in [-0.2, -0.15) is 0 Å². The van der Waals surface area contributed by atoms with Gasteiger partial charge in [0, 0.05) is 47.0 Å². The predicted octanol–water partition coefficient (Wildman–Crippen LogP) is 4.71. The summed E-state index contributed by atoms with van der Waals surface area (Å²) in [5.74, 6) is 0.0112. The Labute approximate surface area is 184 Å². The van der Waals surface area contributed by atoms with E-state index in [1.807, 2.05) is 24.0 Å². The molecule has 1 aliphatic rings. The molecule has 1 aliphatic heterocycles. The van der Waals surface area contributed by atoms with Gasteiger partial charge in [-0.1, -0.05) is 23.8 Å². The Morgan fingerprint density at radius 1 is 1.03 bits per heavy atom. The number of hydrogen-bond donors (Lipinski definition) is 1. The number of H-pyrrole nitrogens is 1. The molecule has 2 aromatic carbocycles. The van der Waals surface area contributed by atoms with Gasteiger partial charge >= 0.3 is 0 Å². The lowest BCUT2D eigenvalue weighted by molar-refractivity contribution is 0.0731. The highest BCUT2D eigenvalue weighted by molar-refractivity contribution is 7.21. The van der Waals surface area contributed by atoms with E-state index in [9.17, 15) is 9.59 Å². The van der Waals surface area contributed by atoms with Crippen LogP contribution >= 0.6 is 11.3 Å². The molecule has 0 bridgehead atoms. The average molecular weight is 432 g/mol. The summed E-state index contributed by atoms with van der Waals surface area (Å²) in [5.41, 5.74) is 4.24. The van der Waals surface area contributed by atoms with Crippen LogP contribution in [-0.4, -0.2) is 41.5 Å². The molecule has 2 aromatic heterocycles. The minimum Gasteiger partial charge on any atom is -0.365 e. The van der Waals surface area contributed by atoms with Crippen molar-refractivity contribution in [2.24, 2.45) is 0 Å². The maximum atomic E-state index is 13.3. The molecule has 0 saturated carbocycles. The van der Waals surface area contributed by atoms with E-state index in [0.29, 0.717) is 23.4 Å². The summed E-state index contributed by atoms with van der Waals surface area (Å²) in [6, 6.07) is 16.5. The molecule has 1 N–H and O–H groups in total. The van der Waals surface area contributed by atoms with Crippen molar-refractivity contribution < 1.29 is 4.79 Å². The lowest BCUT2D eigenvalue weighted by Crippen LogP contribution is -2.53. The Bertz CT molecular complexity index is 1370. The van der Waals surface area contributed by atoms with Crippen molar-refractivity contribution in [3.63, 3.8) is 0 Å². The number of aryl methyl sites for hydroxylation is 2. The molecule has 3 heterocycles. The first kappa shape index (κ1) is 19.8. The van der Waals surface area contributed by atoms with Crippen LogP contribution in [0.25, 0.3) is 21.0 Å². The van der Waals surface area contributed by atoms with E-state index in [2.05, 4.69) is 54.1 Å². The summed E-state index contributed by atoms with van der Waals surface area (Å²) in [7, 11) is 0. The Balaban J connectivity index is 1.44. The van der Waals surface area contributed by atoms with E-state index in [1.54, 1.807) is 6.07 Å². The first-order chi connectivity index (χ1) is 14.9. The summed E-state index contributed by atoms with van der Waals surface area (Å²) in [5, 5.41) is 1.59. The van der Waals surface area contributed by atoms with Gasteiger partial charge in [-0.15, -0.1) is 11.3 Å². The van der Waals surface area contributed by atoms with Gasteiger partial charge in [-0.05, 0) is 56.7 Å². The van der Waals surface area contributed by atoms with Crippen molar-refractivity contribution >= 4 is 43.9 Å². The SMILES string of the molecule is Cc1cccc(N2CCN(C(=O)c3cc4c(=O)[nH]c5ccc(C)cc5c4s3)C[C@@H]2C)c1. The van der Waals surface area contributed by atoms with Crippen LogP contribution < -0.4 is 10.5 Å². The molecule has 31 heavy (non-hydrogen) atoms. The third-order valence-electron chi connectivity index (χ3n) is 6.10. The highest BCUT2D eigenvalue weighted by atomic mass is 32.1. The van der Waals surface area contributed by atoms with Crippen molar-refractivity contribution in [3.05, 3.63) is 74.9 Å². The van der Waals surface area contributed by atoms with Gasteiger partial charge in [0.2, 0.25) is 0 Å². The second-order valence-corrected chi connectivity index (χ2v) is 9.54. The summed E-state index contributed by atoms with van der Waals surface area (Å²) in [4.78, 5) is 33.8. The van der Waals surface area contributed by atoms with Crippen LogP contribution in [0, 0.1) is 13.8 Å². The lowest BCUT2D eigenvalue weighted by Gasteiger charge is -2.41. The van der Waals surface area contributed by atoms with E-state index in [4.69, 9.17) is 0 Å². The van der Waals surface area contributed by atoms with Gasteiger partial charge in [0.15, 0.2) is 0 Å². The molecule has 1 saturated heterocycles. The van der Waals surface area contributed by atoms with Crippen LogP contribution in [0.2, 0.25) is 0 Å². The molecule has 1 atom stereocenters. The van der Waals surface area contributed by atoms with Gasteiger partial charge in [0.1, 0.15) is 0 Å². The fourth-order valence-electron chi connectivity index (χ4n) is 4.50. The number of thiophene rings is 1. The fourth-order valence-corrected chi connectivity index (χ4v) is 5.65. The lowest BCUT2D eigenvalue weighted by atomic mass is 10.1. The van der Waals surface area contributed by atoms with E-state index >= 15 is 0 Å². The van der Waals surface area contributed by atoms with E-state index in [-0.39, 0.29) is 17.5 Å². The number of nitrogens with zero attached hydrogens (tertiary/aromatic N) is 2. The maximum Gasteiger partial charge on any atom is 0.264 e. The van der Waals surface area contributed by atoms with Crippen LogP contribution in [-0.2, 0) is 0 Å². The molecule has 0 radical (unpaired) electrons. The molecule has 0 aliphatic carbocycles. The highest BCUT2D eigenvalue weighted by Gasteiger charge is 2.28. The van der Waals surface area contributed by atoms with Gasteiger partial charge in [-0.3, -0.25) is 9.59 Å². The van der Waals surface area contributed by atoms with Crippen molar-refractivity contribution in [2.45, 2.75) is 26.8 Å². The number of aromatic nitrogens is 1. The molecular weight excluding hydrogens is 406 g/mol. The number of nitrogens with one attached hydrogen (secondary N) is 1. The minimum atomic E-state index is -0.140. The Kier molecular flexibility index (Phi) is 4.82. The monoisotopic (exact) mass is 431 g/mol. The molecule has 158 valence electrons. The van der Waals surface area contributed by atoms with E-state index < -0.39 is 0 Å². The van der Waals surface area contributed by atoms with Crippen molar-refractivity contribution in [1.82, 2.24) is 9.88 Å². The first-order valence-corrected chi connectivity index (χ1v) is 11.4. The maximum absolute atomic E-state index is 13.3. The molecule has 0 spiro atoms. The molecular formula is C25H25N3O2S. The molecule has 5 nitrogen and oxygen atoms in total. The first-order valence-electron chi connectivity index (χ1n) is 10.6. The van der Waals surface area contributed by atoms with Crippen LogP contribution in [0.15, 0.2) is 53.3 Å². The Morgan fingerprint density at radius 2 is 1.84 bits per heavy atom. The number of pyridine rings is 1. The topological polar surface area (TPSA) is 56.4 Å². The molecule has 6 heteroatoms. The molecule has 1 fully saturated rings. The summed E-state index contributed by atoms with van der Waals surface area (Å²) >= 11 is 1.43. The second kappa shape index (κ2) is 7.54. The molecule has 5 rings (SSSR count). The Morgan fingerprint density at radius 3 is 2.61 bits per heavy atom. The number of hydrogen-bond acceptors (Lipinski definition) is 4. The average Bonchev–Trinajstić information content (AvgIpc) is 3.20. The third kappa shape index (κ3) is 3.51. The molecule has 4 aromatic rings. The quantitative estimate of drug-likeness (QED) is 0.500. The smallest absolute Gasteiger partial charge is 0.264 e. The number of benzene rings is 2. The predicted molar refractivity (Wildman–Crippen MR) is 129 cm³/mol. The Hall–Kier alpha value is -3.12. The molecule has 1 amide bonds. The standard InChI is InChI=1S/C25H25N3O2S/c1-15-5-4-6-18(11-15)28-10-9-27(14-17(28)3)25(30)22-13-20-23(31-22)19-12-16(2)7-8-21(19)26-24(20)29/h4-8,11-13,17H,9-10,14H2,1-3H3,(H,26,29)/t17-/m0/s1. The van der Waals surface area contributed by atoms with Gasteiger partial charge in [-0.25, -0.2) is 0 Å². The summed E-state index contributed by atoms with van der Waals surface area (Å²) < 4.78 is 0.886. The van der Waals surface area contributed by atoms with Crippen LogP contribution in [0.5, 0.6) is 0 Å². The third-order valence-corrected chi connectivity index (χ3v) is 7.26. The van der Waals surface area contributed by atoms with Gasteiger partial charge in [0.25, 0.3) is 11.5 Å². The number of carbonyl (C=O) groups excluding carboxylic acids is 1. The van der Waals surface area contributed by atoms with Crippen LogP contribution in [0.4, 0.5) is 5.69 Å². The summed E-state index contributed by atoms with van der Waals surface area (Å²) in [6.45, 7) is 8.42. The van der Waals surface area contributed by atoms with Crippen LogP contribution in [0.3, 0.4) is 0 Å². The minimum absolute atomic E-state index is 0.0112. The number of anilines is 1. The van der Waals surface area contributed by atoms with Crippen molar-refractivity contribution in [2.75, 3.05) is 24.5 Å². The van der Waals surface area contributed by atoms with Crippen molar-refractivity contribution in [3.8, 4) is 0 Å². The second-order valence-electron chi connectivity index (χ2n) is 8.49. The van der Waals surface area contributed by atoms with Gasteiger partial charge in [0.05, 0.1) is 10.3 Å². The highest BCUT2D eigenvalue weighted by Crippen LogP contribution is 2.31. The number of carbonyl (C=O) groups is 1. The summed E-state index contributed by atoms with van der Waals surface area (Å²) in [6.07, 6.45) is 0. The van der Waals surface area contributed by atoms with Crippen molar-refractivity contribution in [1.29, 1.82) is 0 Å². The number of piperazine rings is 1. The normalized spacial score (nSPS) is 16.9. The zero-order chi connectivity index (χ0) is 21.7. The van der Waals surface area contributed by atoms with Crippen LogP contribution in [0.1, 0.15) is 27.7 Å². The number of aromatic amines is 1. The zero-order valence-corrected chi connectivity index (χ0v) is 18.8. The fraction of sp³-hybridized carbons (Fsp3) is 0.280. The number of fused-ring (bicyclic) bond motifs is 3. The van der Waals surface area contributed by atoms with Gasteiger partial charge < -0.3 is 14.8 Å². The number of amides is 1. The van der Waals surface area contributed by atoms with E-state index in [1.165, 1.54) is 22.6 Å². The largest absolute Gasteiger partial charge is 0.365 e. The zero-order valence-electron chi connectivity index (χ0n) is 17.9. The molecule has 0 unspecified atom stereocenters.